The molecule has 2 heterocycles. The molecule has 2 fully saturated rings. The lowest BCUT2D eigenvalue weighted by Crippen LogP contribution is -2.67. The Hall–Kier alpha value is -0.910. The molecule has 5 heteroatoms. The lowest BCUT2D eigenvalue weighted by molar-refractivity contribution is -0.173. The summed E-state index contributed by atoms with van der Waals surface area (Å²) in [5.41, 5.74) is 0.916. The highest BCUT2D eigenvalue weighted by atomic mass is 16.7. The highest BCUT2D eigenvalue weighted by Crippen LogP contribution is 2.48. The lowest BCUT2D eigenvalue weighted by Gasteiger charge is -2.54. The van der Waals surface area contributed by atoms with Crippen LogP contribution in [0.1, 0.15) is 6.92 Å². The molecule has 0 spiro atoms. The molecule has 2 saturated heterocycles. The van der Waals surface area contributed by atoms with Crippen LogP contribution in [-0.4, -0.2) is 47.7 Å². The number of amides is 1. The maximum absolute atomic E-state index is 11.6. The first-order valence-electron chi connectivity index (χ1n) is 5.09. The molecule has 2 aliphatic heterocycles. The van der Waals surface area contributed by atoms with E-state index in [9.17, 15) is 4.79 Å². The van der Waals surface area contributed by atoms with Crippen LogP contribution in [0.2, 0.25) is 0 Å². The monoisotopic (exact) mass is 211 g/mol. The Morgan fingerprint density at radius 1 is 1.60 bits per heavy atom. The average Bonchev–Trinajstić information content (AvgIpc) is 2.59. The number of fused-ring (bicyclic) bond motifs is 1. The summed E-state index contributed by atoms with van der Waals surface area (Å²) in [7, 11) is 0. The van der Waals surface area contributed by atoms with Gasteiger partial charge in [0.2, 0.25) is 5.91 Å². The number of aliphatic hydroxyl groups is 1. The molecule has 5 nitrogen and oxygen atoms in total. The van der Waals surface area contributed by atoms with Crippen LogP contribution < -0.4 is 0 Å². The molecule has 3 aliphatic rings. The van der Waals surface area contributed by atoms with Gasteiger partial charge in [-0.05, 0) is 6.92 Å². The third-order valence-corrected chi connectivity index (χ3v) is 3.45. The second kappa shape index (κ2) is 2.81. The van der Waals surface area contributed by atoms with Gasteiger partial charge in [-0.2, -0.15) is 0 Å². The van der Waals surface area contributed by atoms with Crippen LogP contribution in [0.15, 0.2) is 11.6 Å². The fourth-order valence-electron chi connectivity index (χ4n) is 2.52. The summed E-state index contributed by atoms with van der Waals surface area (Å²) in [6.45, 7) is 2.78. The van der Waals surface area contributed by atoms with Crippen LogP contribution in [0, 0.1) is 5.92 Å². The number of hydrogen-bond donors (Lipinski definition) is 1. The number of hydrogen-bond acceptors (Lipinski definition) is 4. The molecular weight excluding hydrogens is 198 g/mol. The number of rotatable bonds is 2. The molecule has 0 saturated carbocycles. The summed E-state index contributed by atoms with van der Waals surface area (Å²) in [6.07, 6.45) is 1.95. The Morgan fingerprint density at radius 3 is 2.80 bits per heavy atom. The first-order valence-corrected chi connectivity index (χ1v) is 5.09. The third-order valence-electron chi connectivity index (χ3n) is 3.45. The SMILES string of the molecule is CC1(C2=C[C@H]3[C@@H]2C(=O)N3CO)OCCO1. The smallest absolute Gasteiger partial charge is 0.234 e. The number of nitrogens with zero attached hydrogens (tertiary/aromatic N) is 1. The van der Waals surface area contributed by atoms with E-state index in [1.54, 1.807) is 0 Å². The Balaban J connectivity index is 1.82. The van der Waals surface area contributed by atoms with E-state index in [0.29, 0.717) is 13.2 Å². The van der Waals surface area contributed by atoms with Crippen LogP contribution in [0.25, 0.3) is 0 Å². The minimum atomic E-state index is -0.710. The van der Waals surface area contributed by atoms with Crippen LogP contribution >= 0.6 is 0 Å². The van der Waals surface area contributed by atoms with Crippen molar-refractivity contribution in [1.29, 1.82) is 0 Å². The molecule has 0 aromatic carbocycles. The van der Waals surface area contributed by atoms with Gasteiger partial charge >= 0.3 is 0 Å². The number of β-lactam (4-membered cyclic amide) rings is 1. The lowest BCUT2D eigenvalue weighted by atomic mass is 9.68. The van der Waals surface area contributed by atoms with Crippen molar-refractivity contribution < 1.29 is 19.4 Å². The molecule has 1 aliphatic carbocycles. The molecule has 3 rings (SSSR count). The quantitative estimate of drug-likeness (QED) is 0.492. The molecule has 0 aromatic rings. The fraction of sp³-hybridized carbons (Fsp3) is 0.700. The van der Waals surface area contributed by atoms with Gasteiger partial charge in [0, 0.05) is 5.57 Å². The predicted molar refractivity (Wildman–Crippen MR) is 49.6 cm³/mol. The van der Waals surface area contributed by atoms with Crippen molar-refractivity contribution in [3.8, 4) is 0 Å². The number of likely N-dealkylation sites (tertiary alicyclic amines) is 1. The van der Waals surface area contributed by atoms with Crippen molar-refractivity contribution >= 4 is 5.91 Å². The molecule has 82 valence electrons. The molecule has 1 amide bonds. The summed E-state index contributed by atoms with van der Waals surface area (Å²) in [4.78, 5) is 13.0. The Labute approximate surface area is 87.3 Å². The van der Waals surface area contributed by atoms with Crippen LogP contribution in [0.4, 0.5) is 0 Å². The van der Waals surface area contributed by atoms with Crippen LogP contribution in [-0.2, 0) is 14.3 Å². The number of carbonyl (C=O) groups excluding carboxylic acids is 1. The Bertz CT molecular complexity index is 345. The molecule has 0 aromatic heterocycles. The van der Waals surface area contributed by atoms with Gasteiger partial charge in [-0.3, -0.25) is 4.79 Å². The summed E-state index contributed by atoms with van der Waals surface area (Å²) in [6, 6.07) is 0.0575. The Kier molecular flexibility index (Phi) is 1.75. The van der Waals surface area contributed by atoms with Crippen molar-refractivity contribution in [3.05, 3.63) is 11.6 Å². The van der Waals surface area contributed by atoms with E-state index in [4.69, 9.17) is 14.6 Å². The van der Waals surface area contributed by atoms with Gasteiger partial charge in [0.05, 0.1) is 25.2 Å². The molecular formula is C10H13NO4. The van der Waals surface area contributed by atoms with Crippen molar-refractivity contribution in [2.45, 2.75) is 18.8 Å². The minimum Gasteiger partial charge on any atom is -0.376 e. The summed E-state index contributed by atoms with van der Waals surface area (Å²) in [5, 5.41) is 8.91. The summed E-state index contributed by atoms with van der Waals surface area (Å²) < 4.78 is 11.0. The van der Waals surface area contributed by atoms with Crippen LogP contribution in [0.5, 0.6) is 0 Å². The van der Waals surface area contributed by atoms with Gasteiger partial charge in [0.25, 0.3) is 0 Å². The van der Waals surface area contributed by atoms with E-state index < -0.39 is 5.79 Å². The standard InChI is InChI=1S/C10H13NO4/c1-10(14-2-3-15-10)6-4-7-8(6)9(13)11(7)5-12/h4,7-8,12H,2-3,5H2,1H3/t7-,8+/m0/s1. The van der Waals surface area contributed by atoms with Gasteiger partial charge in [-0.15, -0.1) is 0 Å². The highest BCUT2D eigenvalue weighted by Gasteiger charge is 2.59. The maximum Gasteiger partial charge on any atom is 0.234 e. The third kappa shape index (κ3) is 1.00. The zero-order valence-electron chi connectivity index (χ0n) is 8.47. The molecule has 2 atom stereocenters. The topological polar surface area (TPSA) is 59.0 Å². The summed E-state index contributed by atoms with van der Waals surface area (Å²) >= 11 is 0. The van der Waals surface area contributed by atoms with Gasteiger partial charge in [0.15, 0.2) is 5.79 Å². The normalized spacial score (nSPS) is 36.8. The first-order chi connectivity index (χ1) is 7.17. The number of ether oxygens (including phenoxy) is 2. The van der Waals surface area contributed by atoms with Gasteiger partial charge in [-0.1, -0.05) is 6.08 Å². The van der Waals surface area contributed by atoms with E-state index in [1.165, 1.54) is 4.90 Å². The van der Waals surface area contributed by atoms with Crippen molar-refractivity contribution in [2.75, 3.05) is 19.9 Å². The van der Waals surface area contributed by atoms with Crippen molar-refractivity contribution in [2.24, 2.45) is 5.92 Å². The zero-order valence-corrected chi connectivity index (χ0v) is 8.47. The highest BCUT2D eigenvalue weighted by molar-refractivity contribution is 5.92. The molecule has 0 unspecified atom stereocenters. The van der Waals surface area contributed by atoms with E-state index in [-0.39, 0.29) is 24.6 Å². The largest absolute Gasteiger partial charge is 0.376 e. The second-order valence-electron chi connectivity index (χ2n) is 4.18. The number of aliphatic hydroxyl groups excluding tert-OH is 1. The molecule has 15 heavy (non-hydrogen) atoms. The predicted octanol–water partition coefficient (Wildman–Crippen LogP) is -0.534. The van der Waals surface area contributed by atoms with Crippen LogP contribution in [0.3, 0.4) is 0 Å². The first kappa shape index (κ1) is 9.33. The van der Waals surface area contributed by atoms with Crippen molar-refractivity contribution in [3.63, 3.8) is 0 Å². The average molecular weight is 211 g/mol. The maximum atomic E-state index is 11.6. The summed E-state index contributed by atoms with van der Waals surface area (Å²) in [5.74, 6) is -0.862. The number of carbonyl (C=O) groups is 1. The molecule has 1 N–H and O–H groups in total. The van der Waals surface area contributed by atoms with E-state index in [0.717, 1.165) is 5.57 Å². The van der Waals surface area contributed by atoms with Gasteiger partial charge in [0.1, 0.15) is 6.73 Å². The minimum absolute atomic E-state index is 0.0275. The van der Waals surface area contributed by atoms with E-state index >= 15 is 0 Å². The van der Waals surface area contributed by atoms with Gasteiger partial charge in [-0.25, -0.2) is 0 Å². The van der Waals surface area contributed by atoms with Crippen molar-refractivity contribution in [1.82, 2.24) is 4.90 Å². The second-order valence-corrected chi connectivity index (χ2v) is 4.18. The van der Waals surface area contributed by atoms with E-state index in [1.807, 2.05) is 13.0 Å². The molecule has 0 radical (unpaired) electrons. The zero-order chi connectivity index (χ0) is 10.6. The van der Waals surface area contributed by atoms with Gasteiger partial charge < -0.3 is 19.5 Å². The Morgan fingerprint density at radius 2 is 2.27 bits per heavy atom. The van der Waals surface area contributed by atoms with E-state index in [2.05, 4.69) is 0 Å². The molecule has 0 bridgehead atoms. The fourth-order valence-corrected chi connectivity index (χ4v) is 2.52.